The quantitative estimate of drug-likeness (QED) is 0.449. The van der Waals surface area contributed by atoms with Gasteiger partial charge in [0.25, 0.3) is 0 Å². The van der Waals surface area contributed by atoms with E-state index in [2.05, 4.69) is 13.0 Å². The summed E-state index contributed by atoms with van der Waals surface area (Å²) in [6.07, 6.45) is 21.1. The van der Waals surface area contributed by atoms with Crippen LogP contribution in [0.25, 0.3) is 0 Å². The van der Waals surface area contributed by atoms with Crippen LogP contribution in [-0.4, -0.2) is 0 Å². The van der Waals surface area contributed by atoms with Crippen molar-refractivity contribution < 1.29 is 0 Å². The molecule has 0 bridgehead atoms. The third-order valence-corrected chi connectivity index (χ3v) is 6.51. The lowest BCUT2D eigenvalue weighted by Gasteiger charge is -2.31. The van der Waals surface area contributed by atoms with Gasteiger partial charge in [-0.15, -0.1) is 0 Å². The summed E-state index contributed by atoms with van der Waals surface area (Å²) in [4.78, 5) is 0. The Kier molecular flexibility index (Phi) is 8.35. The van der Waals surface area contributed by atoms with Crippen LogP contribution in [0.15, 0.2) is 0 Å². The number of unbranched alkanes of at least 4 members (excludes halogenated alkanes) is 2. The van der Waals surface area contributed by atoms with Gasteiger partial charge in [0, 0.05) is 6.42 Å². The molecule has 0 aromatic rings. The van der Waals surface area contributed by atoms with Crippen LogP contribution in [0.1, 0.15) is 103 Å². The standard InChI is InChI=1S/C21H37N/c1-2-3-4-5-18-6-8-19(9-7-18)10-11-20-12-14-21(15-13-20)16-17-22/h18-21H,2-16H2,1H3/t18-,19-,20-,21-. The highest BCUT2D eigenvalue weighted by molar-refractivity contribution is 4.81. The highest BCUT2D eigenvalue weighted by Crippen LogP contribution is 2.38. The van der Waals surface area contributed by atoms with Gasteiger partial charge in [-0.25, -0.2) is 0 Å². The summed E-state index contributed by atoms with van der Waals surface area (Å²) in [6, 6.07) is 2.36. The zero-order chi connectivity index (χ0) is 15.6. The van der Waals surface area contributed by atoms with Gasteiger partial charge >= 0.3 is 0 Å². The van der Waals surface area contributed by atoms with Crippen LogP contribution in [-0.2, 0) is 0 Å². The zero-order valence-corrected chi connectivity index (χ0v) is 14.9. The monoisotopic (exact) mass is 303 g/mol. The summed E-state index contributed by atoms with van der Waals surface area (Å²) in [6.45, 7) is 2.31. The van der Waals surface area contributed by atoms with Gasteiger partial charge in [-0.1, -0.05) is 84.0 Å². The number of nitrogens with zero attached hydrogens (tertiary/aromatic N) is 1. The van der Waals surface area contributed by atoms with Crippen molar-refractivity contribution in [3.8, 4) is 6.07 Å². The van der Waals surface area contributed by atoms with Crippen LogP contribution in [0, 0.1) is 35.0 Å². The van der Waals surface area contributed by atoms with Gasteiger partial charge in [0.15, 0.2) is 0 Å². The summed E-state index contributed by atoms with van der Waals surface area (Å²) in [5, 5.41) is 8.80. The fourth-order valence-corrected chi connectivity index (χ4v) is 4.82. The van der Waals surface area contributed by atoms with E-state index in [9.17, 15) is 0 Å². The van der Waals surface area contributed by atoms with Crippen molar-refractivity contribution in [1.82, 2.24) is 0 Å². The van der Waals surface area contributed by atoms with Gasteiger partial charge in [-0.3, -0.25) is 0 Å². The zero-order valence-electron chi connectivity index (χ0n) is 14.9. The summed E-state index contributed by atoms with van der Waals surface area (Å²) in [7, 11) is 0. The van der Waals surface area contributed by atoms with Gasteiger partial charge in [0.1, 0.15) is 0 Å². The molecule has 1 nitrogen and oxygen atoms in total. The maximum absolute atomic E-state index is 8.80. The molecule has 0 spiro atoms. The lowest BCUT2D eigenvalue weighted by atomic mass is 9.74. The van der Waals surface area contributed by atoms with Crippen molar-refractivity contribution in [1.29, 1.82) is 5.26 Å². The summed E-state index contributed by atoms with van der Waals surface area (Å²) in [5.74, 6) is 3.81. The highest BCUT2D eigenvalue weighted by atomic mass is 14.3. The second-order valence-electron chi connectivity index (χ2n) is 8.21. The van der Waals surface area contributed by atoms with Crippen molar-refractivity contribution in [3.05, 3.63) is 0 Å². The van der Waals surface area contributed by atoms with Crippen LogP contribution < -0.4 is 0 Å². The fraction of sp³-hybridized carbons (Fsp3) is 0.952. The molecule has 0 aromatic carbocycles. The molecule has 2 saturated carbocycles. The molecule has 2 fully saturated rings. The SMILES string of the molecule is CCCCC[C@H]1CC[C@H](CC[C@H]2CC[C@H](CC#N)CC2)CC1. The van der Waals surface area contributed by atoms with Gasteiger partial charge in [-0.05, 0) is 36.5 Å². The maximum Gasteiger partial charge on any atom is 0.0624 e. The first-order chi connectivity index (χ1) is 10.8. The first-order valence-electron chi connectivity index (χ1n) is 10.2. The van der Waals surface area contributed by atoms with Gasteiger partial charge in [0.05, 0.1) is 6.07 Å². The van der Waals surface area contributed by atoms with E-state index in [1.165, 1.54) is 89.9 Å². The molecule has 0 saturated heterocycles. The van der Waals surface area contributed by atoms with Crippen LogP contribution >= 0.6 is 0 Å². The Bertz CT molecular complexity index is 313. The van der Waals surface area contributed by atoms with Gasteiger partial charge in [-0.2, -0.15) is 5.26 Å². The van der Waals surface area contributed by atoms with Gasteiger partial charge in [0.2, 0.25) is 0 Å². The Hall–Kier alpha value is -0.510. The Labute approximate surface area is 138 Å². The van der Waals surface area contributed by atoms with Crippen molar-refractivity contribution in [2.75, 3.05) is 0 Å². The molecule has 2 aliphatic rings. The minimum Gasteiger partial charge on any atom is -0.198 e. The molecule has 0 aromatic heterocycles. The predicted octanol–water partition coefficient (Wildman–Crippen LogP) is 6.87. The Morgan fingerprint density at radius 2 is 1.14 bits per heavy atom. The topological polar surface area (TPSA) is 23.8 Å². The average Bonchev–Trinajstić information content (AvgIpc) is 2.56. The van der Waals surface area contributed by atoms with E-state index in [0.717, 1.165) is 30.1 Å². The second-order valence-corrected chi connectivity index (χ2v) is 8.21. The molecule has 0 atom stereocenters. The van der Waals surface area contributed by atoms with E-state index < -0.39 is 0 Å². The van der Waals surface area contributed by atoms with Crippen LogP contribution in [0.2, 0.25) is 0 Å². The normalized spacial score (nSPS) is 32.5. The summed E-state index contributed by atoms with van der Waals surface area (Å²) >= 11 is 0. The van der Waals surface area contributed by atoms with E-state index >= 15 is 0 Å². The van der Waals surface area contributed by atoms with E-state index in [1.54, 1.807) is 0 Å². The highest BCUT2D eigenvalue weighted by Gasteiger charge is 2.24. The summed E-state index contributed by atoms with van der Waals surface area (Å²) < 4.78 is 0. The van der Waals surface area contributed by atoms with Crippen molar-refractivity contribution >= 4 is 0 Å². The number of nitriles is 1. The molecule has 2 aliphatic carbocycles. The largest absolute Gasteiger partial charge is 0.198 e. The molecule has 126 valence electrons. The number of hydrogen-bond acceptors (Lipinski definition) is 1. The van der Waals surface area contributed by atoms with Crippen molar-refractivity contribution in [3.63, 3.8) is 0 Å². The van der Waals surface area contributed by atoms with Crippen LogP contribution in [0.5, 0.6) is 0 Å². The molecule has 0 unspecified atom stereocenters. The molecule has 0 amide bonds. The molecular weight excluding hydrogens is 266 g/mol. The molecule has 0 N–H and O–H groups in total. The smallest absolute Gasteiger partial charge is 0.0624 e. The molecule has 1 heteroatoms. The van der Waals surface area contributed by atoms with E-state index in [0.29, 0.717) is 0 Å². The Morgan fingerprint density at radius 3 is 1.59 bits per heavy atom. The molecular formula is C21H37N. The Morgan fingerprint density at radius 1 is 0.682 bits per heavy atom. The van der Waals surface area contributed by atoms with Gasteiger partial charge < -0.3 is 0 Å². The number of hydrogen-bond donors (Lipinski definition) is 0. The van der Waals surface area contributed by atoms with E-state index in [1.807, 2.05) is 0 Å². The predicted molar refractivity (Wildman–Crippen MR) is 94.5 cm³/mol. The first-order valence-corrected chi connectivity index (χ1v) is 10.2. The molecule has 2 rings (SSSR count). The number of rotatable bonds is 8. The fourth-order valence-electron chi connectivity index (χ4n) is 4.82. The Balaban J connectivity index is 1.53. The second kappa shape index (κ2) is 10.3. The third kappa shape index (κ3) is 6.31. The van der Waals surface area contributed by atoms with Crippen LogP contribution in [0.3, 0.4) is 0 Å². The molecule has 0 radical (unpaired) electrons. The van der Waals surface area contributed by atoms with Crippen LogP contribution in [0.4, 0.5) is 0 Å². The molecule has 0 heterocycles. The van der Waals surface area contributed by atoms with E-state index in [4.69, 9.17) is 5.26 Å². The van der Waals surface area contributed by atoms with E-state index in [-0.39, 0.29) is 0 Å². The molecule has 0 aliphatic heterocycles. The third-order valence-electron chi connectivity index (χ3n) is 6.51. The first kappa shape index (κ1) is 17.8. The average molecular weight is 304 g/mol. The van der Waals surface area contributed by atoms with Crippen molar-refractivity contribution in [2.45, 2.75) is 103 Å². The minimum absolute atomic E-state index is 0.722. The lowest BCUT2D eigenvalue weighted by molar-refractivity contribution is 0.212. The molecule has 22 heavy (non-hydrogen) atoms. The maximum atomic E-state index is 8.80. The summed E-state index contributed by atoms with van der Waals surface area (Å²) in [5.41, 5.74) is 0. The van der Waals surface area contributed by atoms with Crippen molar-refractivity contribution in [2.24, 2.45) is 23.7 Å². The minimum atomic E-state index is 0.722. The lowest BCUT2D eigenvalue weighted by Crippen LogP contribution is -2.18.